The first-order valence-electron chi connectivity index (χ1n) is 21.5. The summed E-state index contributed by atoms with van der Waals surface area (Å²) >= 11 is 0. The lowest BCUT2D eigenvalue weighted by atomic mass is 9.85. The van der Waals surface area contributed by atoms with Gasteiger partial charge in [-0.3, -0.25) is 28.9 Å². The van der Waals surface area contributed by atoms with E-state index in [4.69, 9.17) is 14.5 Å². The molecule has 5 aromatic heterocycles. The Morgan fingerprint density at radius 3 is 2.73 bits per heavy atom. The number of carbonyl (C=O) groups is 3. The number of urea groups is 1. The minimum atomic E-state index is -2.86. The van der Waals surface area contributed by atoms with Crippen molar-refractivity contribution in [3.05, 3.63) is 66.0 Å². The number of amides is 4. The smallest absolute Gasteiger partial charge is 0.329 e. The standard InChI is InChI=1S/C43H48F2N12O5/c1-26-21-52(12-9-34(26)61-16-2-3-27-8-13-53-36(17-27)46-20-38(53)54-14-11-37(58)50-43(54)60)22-28-4-6-29(7-5-28)57-24-33(39(51-57)40(44)45)48-42(59)32-19-47-56-15-10-35(49-41(32)56)55-23-31-18-30(55)25-62-31/h8,10,13,15,17,19-20,24,26,28-31,34,40H,4-7,9,11-12,14,16,18,21-23,25H2,1H3,(H,48,59)(H,50,58,60)/t26-,28?,29?,30+,31+,34-/m0/s1. The molecule has 4 amide bonds. The first-order chi connectivity index (χ1) is 30.1. The number of fused-ring (bicyclic) bond motifs is 4. The predicted molar refractivity (Wildman–Crippen MR) is 222 cm³/mol. The first-order valence-corrected chi connectivity index (χ1v) is 21.5. The molecular weight excluding hydrogens is 803 g/mol. The summed E-state index contributed by atoms with van der Waals surface area (Å²) in [5.41, 5.74) is 1.55. The highest BCUT2D eigenvalue weighted by Crippen LogP contribution is 2.37. The number of likely N-dealkylation sites (tertiary alicyclic amines) is 1. The molecule has 5 aliphatic rings. The highest BCUT2D eigenvalue weighted by molar-refractivity contribution is 6.08. The molecule has 0 aromatic carbocycles. The monoisotopic (exact) mass is 850 g/mol. The summed E-state index contributed by atoms with van der Waals surface area (Å²) in [4.78, 5) is 52.8. The second-order valence-corrected chi connectivity index (χ2v) is 17.1. The third-order valence-corrected chi connectivity index (χ3v) is 13.1. The number of nitrogens with zero attached hydrogens (tertiary/aromatic N) is 10. The molecule has 62 heavy (non-hydrogen) atoms. The second kappa shape index (κ2) is 16.7. The number of hydrogen-bond acceptors (Lipinski definition) is 11. The second-order valence-electron chi connectivity index (χ2n) is 17.1. The fourth-order valence-corrected chi connectivity index (χ4v) is 9.79. The third kappa shape index (κ3) is 7.98. The molecule has 0 radical (unpaired) electrons. The van der Waals surface area contributed by atoms with Crippen molar-refractivity contribution in [1.29, 1.82) is 0 Å². The van der Waals surface area contributed by atoms with Gasteiger partial charge in [0.05, 0.1) is 49.0 Å². The van der Waals surface area contributed by atoms with Gasteiger partial charge < -0.3 is 24.6 Å². The van der Waals surface area contributed by atoms with Gasteiger partial charge in [-0.1, -0.05) is 18.8 Å². The number of morpholine rings is 1. The number of pyridine rings is 1. The molecule has 4 atom stereocenters. The number of imide groups is 1. The molecule has 5 aromatic rings. The normalized spacial score (nSPS) is 25.5. The highest BCUT2D eigenvalue weighted by atomic mass is 19.3. The maximum absolute atomic E-state index is 14.3. The number of aromatic nitrogens is 7. The summed E-state index contributed by atoms with van der Waals surface area (Å²) in [5, 5.41) is 13.6. The lowest BCUT2D eigenvalue weighted by Gasteiger charge is -2.39. The molecule has 0 spiro atoms. The van der Waals surface area contributed by atoms with Crippen LogP contribution < -0.4 is 20.4 Å². The molecule has 2 N–H and O–H groups in total. The Hall–Kier alpha value is -5.97. The van der Waals surface area contributed by atoms with Crippen molar-refractivity contribution in [1.82, 2.24) is 44.0 Å². The van der Waals surface area contributed by atoms with Gasteiger partial charge >= 0.3 is 6.03 Å². The average molecular weight is 851 g/mol. The largest absolute Gasteiger partial charge is 0.374 e. The number of nitrogens with one attached hydrogen (secondary N) is 2. The summed E-state index contributed by atoms with van der Waals surface area (Å²) in [5.74, 6) is 7.62. The summed E-state index contributed by atoms with van der Waals surface area (Å²) in [6, 6.07) is 5.34. The van der Waals surface area contributed by atoms with Crippen LogP contribution in [0.1, 0.15) is 86.0 Å². The van der Waals surface area contributed by atoms with E-state index in [-0.39, 0.29) is 47.9 Å². The molecule has 4 aliphatic heterocycles. The summed E-state index contributed by atoms with van der Waals surface area (Å²) < 4.78 is 45.5. The number of anilines is 3. The molecule has 1 saturated carbocycles. The number of carbonyl (C=O) groups excluding carboxylic acids is 3. The van der Waals surface area contributed by atoms with Crippen molar-refractivity contribution in [3.63, 3.8) is 0 Å². The maximum atomic E-state index is 14.3. The lowest BCUT2D eigenvalue weighted by molar-refractivity contribution is -0.120. The number of hydrogen-bond donors (Lipinski definition) is 2. The van der Waals surface area contributed by atoms with Crippen LogP contribution in [0.15, 0.2) is 49.2 Å². The first kappa shape index (κ1) is 40.1. The van der Waals surface area contributed by atoms with Crippen molar-refractivity contribution in [2.75, 3.05) is 61.1 Å². The van der Waals surface area contributed by atoms with Crippen LogP contribution >= 0.6 is 0 Å². The van der Waals surface area contributed by atoms with Crippen LogP contribution in [0.3, 0.4) is 0 Å². The van der Waals surface area contributed by atoms with E-state index in [1.165, 1.54) is 15.6 Å². The molecule has 10 rings (SSSR count). The lowest BCUT2D eigenvalue weighted by Crippen LogP contribution is -2.50. The topological polar surface area (TPSA) is 169 Å². The fraction of sp³-hybridized carbons (Fsp3) is 0.512. The van der Waals surface area contributed by atoms with Crippen molar-refractivity contribution < 1.29 is 32.6 Å². The minimum Gasteiger partial charge on any atom is -0.374 e. The molecular formula is C43H48F2N12O5. The number of piperidine rings is 1. The van der Waals surface area contributed by atoms with Crippen LogP contribution in [0.4, 0.5) is 30.9 Å². The third-order valence-electron chi connectivity index (χ3n) is 13.1. The Morgan fingerprint density at radius 2 is 1.95 bits per heavy atom. The van der Waals surface area contributed by atoms with Crippen LogP contribution in [0, 0.1) is 23.7 Å². The van der Waals surface area contributed by atoms with Gasteiger partial charge in [0.1, 0.15) is 29.5 Å². The van der Waals surface area contributed by atoms with Crippen molar-refractivity contribution in [2.45, 2.75) is 82.6 Å². The molecule has 4 saturated heterocycles. The van der Waals surface area contributed by atoms with Gasteiger partial charge in [0.15, 0.2) is 11.3 Å². The van der Waals surface area contributed by atoms with E-state index in [1.807, 2.05) is 24.4 Å². The van der Waals surface area contributed by atoms with Crippen LogP contribution in [-0.2, 0) is 14.3 Å². The van der Waals surface area contributed by atoms with Gasteiger partial charge in [-0.05, 0) is 68.6 Å². The maximum Gasteiger partial charge on any atom is 0.329 e. The van der Waals surface area contributed by atoms with Gasteiger partial charge in [-0.2, -0.15) is 10.2 Å². The number of rotatable bonds is 10. The van der Waals surface area contributed by atoms with Crippen LogP contribution in [-0.4, -0.2) is 121 Å². The van der Waals surface area contributed by atoms with Crippen LogP contribution in [0.5, 0.6) is 0 Å². The van der Waals surface area contributed by atoms with Crippen LogP contribution in [0.2, 0.25) is 0 Å². The predicted octanol–water partition coefficient (Wildman–Crippen LogP) is 4.70. The van der Waals surface area contributed by atoms with E-state index in [0.29, 0.717) is 48.7 Å². The Bertz CT molecular complexity index is 2570. The van der Waals surface area contributed by atoms with E-state index in [2.05, 4.69) is 54.4 Å². The number of halogens is 2. The van der Waals surface area contributed by atoms with E-state index in [9.17, 15) is 23.2 Å². The van der Waals surface area contributed by atoms with Crippen molar-refractivity contribution in [2.24, 2.45) is 11.8 Å². The quantitative estimate of drug-likeness (QED) is 0.187. The summed E-state index contributed by atoms with van der Waals surface area (Å²) in [6.45, 7) is 7.05. The minimum absolute atomic E-state index is 0.00170. The molecule has 19 heteroatoms. The zero-order valence-corrected chi connectivity index (χ0v) is 34.3. The van der Waals surface area contributed by atoms with Crippen LogP contribution in [0.25, 0.3) is 11.3 Å². The molecule has 0 unspecified atom stereocenters. The van der Waals surface area contributed by atoms with Gasteiger partial charge in [-0.15, -0.1) is 0 Å². The molecule has 5 fully saturated rings. The van der Waals surface area contributed by atoms with E-state index >= 15 is 0 Å². The highest BCUT2D eigenvalue weighted by Gasteiger charge is 2.40. The Morgan fingerprint density at radius 1 is 1.08 bits per heavy atom. The fourth-order valence-electron chi connectivity index (χ4n) is 9.79. The number of alkyl halides is 2. The molecule has 324 valence electrons. The van der Waals surface area contributed by atoms with Gasteiger partial charge in [0.25, 0.3) is 12.3 Å². The molecule has 9 heterocycles. The van der Waals surface area contributed by atoms with Crippen molar-refractivity contribution in [3.8, 4) is 11.8 Å². The van der Waals surface area contributed by atoms with Gasteiger partial charge in [0, 0.05) is 63.3 Å². The van der Waals surface area contributed by atoms with E-state index < -0.39 is 24.1 Å². The zero-order chi connectivity index (χ0) is 42.5. The Labute approximate surface area is 355 Å². The zero-order valence-electron chi connectivity index (χ0n) is 34.3. The number of ether oxygens (including phenoxy) is 2. The van der Waals surface area contributed by atoms with E-state index in [1.54, 1.807) is 27.7 Å². The molecule has 2 bridgehead atoms. The van der Waals surface area contributed by atoms with Crippen molar-refractivity contribution >= 4 is 46.5 Å². The Balaban J connectivity index is 0.691. The molecule has 1 aliphatic carbocycles. The Kier molecular flexibility index (Phi) is 10.8. The summed E-state index contributed by atoms with van der Waals surface area (Å²) in [7, 11) is 0. The molecule has 17 nitrogen and oxygen atoms in total. The number of imidazole rings is 1. The average Bonchev–Trinajstić information content (AvgIpc) is 4.12. The summed E-state index contributed by atoms with van der Waals surface area (Å²) in [6.07, 6.45) is 11.2. The van der Waals surface area contributed by atoms with Gasteiger partial charge in [-0.25, -0.2) is 28.1 Å². The van der Waals surface area contributed by atoms with E-state index in [0.717, 1.165) is 76.1 Å². The van der Waals surface area contributed by atoms with Gasteiger partial charge in [0.2, 0.25) is 5.91 Å². The SMILES string of the molecule is C[C@H]1CN(CC2CCC(n3cc(NC(=O)c4cnn5ccc(N6C[C@H]7C[C@@H]6CO7)nc45)c(C(F)F)n3)CC2)CC[C@@H]1OCC#Cc1ccn2c(N3CCC(=O)NC3=O)cnc2c1.